The molecule has 0 unspecified atom stereocenters. The Morgan fingerprint density at radius 3 is 1.57 bits per heavy atom. The highest BCUT2D eigenvalue weighted by Crippen LogP contribution is 2.32. The minimum Gasteiger partial charge on any atom is -0.399 e. The van der Waals surface area contributed by atoms with Gasteiger partial charge >= 0.3 is 0 Å². The number of nitrogens with zero attached hydrogens (tertiary/aromatic N) is 1. The van der Waals surface area contributed by atoms with Gasteiger partial charge in [0.2, 0.25) is 0 Å². The fourth-order valence-corrected chi connectivity index (χ4v) is 6.08. The van der Waals surface area contributed by atoms with E-state index in [1.165, 1.54) is 0 Å². The fraction of sp³-hybridized carbons (Fsp3) is 0.128. The first-order valence-corrected chi connectivity index (χ1v) is 15.5. The van der Waals surface area contributed by atoms with E-state index in [0.717, 1.165) is 22.5 Å². The summed E-state index contributed by atoms with van der Waals surface area (Å²) in [5.41, 5.74) is 19.1. The summed E-state index contributed by atoms with van der Waals surface area (Å²) >= 11 is 0. The van der Waals surface area contributed by atoms with Gasteiger partial charge in [0.05, 0.1) is 0 Å². The van der Waals surface area contributed by atoms with E-state index in [9.17, 15) is 19.2 Å². The number of ketones is 4. The molecule has 0 bridgehead atoms. The van der Waals surface area contributed by atoms with Crippen LogP contribution in [0.1, 0.15) is 88.7 Å². The average molecular weight is 623 g/mol. The normalized spacial score (nSPS) is 12.7. The molecule has 47 heavy (non-hydrogen) atoms. The molecule has 0 amide bonds. The molecule has 8 heteroatoms. The van der Waals surface area contributed by atoms with Gasteiger partial charge in [-0.15, -0.1) is 0 Å². The average Bonchev–Trinajstić information content (AvgIpc) is 3.09. The molecule has 0 aromatic heterocycles. The van der Waals surface area contributed by atoms with Crippen LogP contribution in [0, 0.1) is 0 Å². The van der Waals surface area contributed by atoms with Crippen molar-refractivity contribution >= 4 is 45.9 Å². The molecule has 5 aromatic rings. The Balaban J connectivity index is 0.00000190. The molecule has 2 aliphatic carbocycles. The number of fused-ring (bicyclic) bond motifs is 4. The van der Waals surface area contributed by atoms with Crippen molar-refractivity contribution in [2.24, 2.45) is 0 Å². The minimum atomic E-state index is -0.208. The van der Waals surface area contributed by atoms with Gasteiger partial charge < -0.3 is 21.7 Å². The van der Waals surface area contributed by atoms with Gasteiger partial charge in [-0.05, 0) is 83.9 Å². The number of nitrogens with one attached hydrogen (secondary N) is 1. The zero-order chi connectivity index (χ0) is 33.4. The highest BCUT2D eigenvalue weighted by atomic mass is 16.1. The van der Waals surface area contributed by atoms with Crippen LogP contribution < -0.4 is 21.7 Å². The number of hydrogen-bond donors (Lipinski definition) is 3. The summed E-state index contributed by atoms with van der Waals surface area (Å²) in [6, 6.07) is 28.2. The van der Waals surface area contributed by atoms with E-state index in [2.05, 4.69) is 11.4 Å². The van der Waals surface area contributed by atoms with Crippen LogP contribution in [-0.4, -0.2) is 30.2 Å². The van der Waals surface area contributed by atoms with Crippen LogP contribution in [-0.2, 0) is 13.1 Å². The molecule has 7 rings (SSSR count). The maximum atomic E-state index is 13.3. The molecular weight excluding hydrogens is 588 g/mol. The van der Waals surface area contributed by atoms with E-state index >= 15 is 0 Å². The van der Waals surface area contributed by atoms with Gasteiger partial charge in [-0.2, -0.15) is 0 Å². The second kappa shape index (κ2) is 12.4. The molecule has 0 spiro atoms. The quantitative estimate of drug-likeness (QED) is 0.175. The van der Waals surface area contributed by atoms with Gasteiger partial charge in [0, 0.05) is 87.4 Å². The second-order valence-corrected chi connectivity index (χ2v) is 11.4. The summed E-state index contributed by atoms with van der Waals surface area (Å²) < 4.78 is 0. The Kier molecular flexibility index (Phi) is 8.18. The van der Waals surface area contributed by atoms with Crippen LogP contribution in [0.15, 0.2) is 97.1 Å². The van der Waals surface area contributed by atoms with Crippen LogP contribution in [0.25, 0.3) is 0 Å². The molecule has 2 aliphatic rings. The van der Waals surface area contributed by atoms with Crippen LogP contribution in [0.3, 0.4) is 0 Å². The summed E-state index contributed by atoms with van der Waals surface area (Å²) in [5, 5.41) is 3.37. The lowest BCUT2D eigenvalue weighted by Crippen LogP contribution is -2.23. The third-order valence-corrected chi connectivity index (χ3v) is 8.42. The zero-order valence-electron chi connectivity index (χ0n) is 26.4. The van der Waals surface area contributed by atoms with Crippen molar-refractivity contribution in [3.8, 4) is 0 Å². The van der Waals surface area contributed by atoms with Gasteiger partial charge in [0.25, 0.3) is 0 Å². The van der Waals surface area contributed by atoms with E-state index < -0.39 is 0 Å². The Bertz CT molecular complexity index is 2120. The van der Waals surface area contributed by atoms with Crippen LogP contribution in [0.4, 0.5) is 22.7 Å². The molecule has 5 aromatic carbocycles. The summed E-state index contributed by atoms with van der Waals surface area (Å²) in [6.07, 6.45) is 0. The predicted molar refractivity (Wildman–Crippen MR) is 186 cm³/mol. The van der Waals surface area contributed by atoms with Crippen molar-refractivity contribution in [3.05, 3.63) is 153 Å². The molecule has 0 saturated carbocycles. The number of hydrogen-bond acceptors (Lipinski definition) is 8. The van der Waals surface area contributed by atoms with Gasteiger partial charge in [0.1, 0.15) is 0 Å². The summed E-state index contributed by atoms with van der Waals surface area (Å²) in [7, 11) is 1.94. The number of anilines is 4. The molecule has 5 N–H and O–H groups in total. The van der Waals surface area contributed by atoms with E-state index in [0.29, 0.717) is 69.0 Å². The SMILES string of the molecule is CC.CN(Cc1cccc(CNc2ccc3c(c2)C(=O)c2ccc(N)cc2C3=O)c1)c1ccc2c(c1)C(=O)c1ccc(N)cc1C2=O. The molecule has 0 atom stereocenters. The van der Waals surface area contributed by atoms with E-state index in [-0.39, 0.29) is 23.1 Å². The molecule has 0 radical (unpaired) electrons. The lowest BCUT2D eigenvalue weighted by atomic mass is 9.83. The van der Waals surface area contributed by atoms with Crippen molar-refractivity contribution in [3.63, 3.8) is 0 Å². The number of rotatable bonds is 6. The highest BCUT2D eigenvalue weighted by molar-refractivity contribution is 6.29. The number of nitrogen functional groups attached to an aromatic ring is 2. The van der Waals surface area contributed by atoms with Crippen molar-refractivity contribution in [2.75, 3.05) is 28.7 Å². The van der Waals surface area contributed by atoms with Crippen LogP contribution >= 0.6 is 0 Å². The van der Waals surface area contributed by atoms with E-state index in [1.54, 1.807) is 66.7 Å². The van der Waals surface area contributed by atoms with Crippen molar-refractivity contribution in [2.45, 2.75) is 26.9 Å². The molecule has 0 saturated heterocycles. The predicted octanol–water partition coefficient (Wildman–Crippen LogP) is 6.68. The Morgan fingerprint density at radius 2 is 1.00 bits per heavy atom. The maximum Gasteiger partial charge on any atom is 0.194 e. The van der Waals surface area contributed by atoms with Crippen molar-refractivity contribution in [1.82, 2.24) is 0 Å². The number of carbonyl (C=O) groups is 4. The molecule has 8 nitrogen and oxygen atoms in total. The van der Waals surface area contributed by atoms with Gasteiger partial charge in [-0.3, -0.25) is 19.2 Å². The first-order valence-electron chi connectivity index (χ1n) is 15.5. The summed E-state index contributed by atoms with van der Waals surface area (Å²) in [4.78, 5) is 54.5. The maximum absolute atomic E-state index is 13.3. The molecule has 0 aliphatic heterocycles. The number of benzene rings is 5. The largest absolute Gasteiger partial charge is 0.399 e. The number of carbonyl (C=O) groups excluding carboxylic acids is 4. The minimum absolute atomic E-state index is 0.190. The fourth-order valence-electron chi connectivity index (χ4n) is 6.08. The Hall–Kier alpha value is -6.02. The van der Waals surface area contributed by atoms with Crippen LogP contribution in [0.5, 0.6) is 0 Å². The zero-order valence-corrected chi connectivity index (χ0v) is 26.4. The van der Waals surface area contributed by atoms with Crippen molar-refractivity contribution < 1.29 is 19.2 Å². The summed E-state index contributed by atoms with van der Waals surface area (Å²) in [6.45, 7) is 5.08. The third kappa shape index (κ3) is 5.66. The molecule has 0 heterocycles. The van der Waals surface area contributed by atoms with Gasteiger partial charge in [0.15, 0.2) is 23.1 Å². The third-order valence-electron chi connectivity index (χ3n) is 8.42. The molecular formula is C39H34N4O4. The standard InChI is InChI=1S/C37H28N4O4.C2H6/c1-41(25-8-12-29-33(17-25)37(45)27-10-6-23(39)15-31(27)35(29)43)19-21-4-2-3-20(13-21)18-40-24-7-11-28-32(16-24)36(44)26-9-5-22(38)14-30(26)34(28)42;1-2/h2-17,40H,18-19,38-39H2,1H3;1-2H3. The monoisotopic (exact) mass is 622 g/mol. The van der Waals surface area contributed by atoms with Gasteiger partial charge in [-0.25, -0.2) is 0 Å². The van der Waals surface area contributed by atoms with Crippen LogP contribution in [0.2, 0.25) is 0 Å². The number of nitrogens with two attached hydrogens (primary N) is 2. The van der Waals surface area contributed by atoms with E-state index in [1.807, 2.05) is 50.1 Å². The Morgan fingerprint density at radius 1 is 0.532 bits per heavy atom. The first-order chi connectivity index (χ1) is 22.7. The lowest BCUT2D eigenvalue weighted by Gasteiger charge is -2.23. The lowest BCUT2D eigenvalue weighted by molar-refractivity contribution is 0.0979. The molecule has 234 valence electrons. The second-order valence-electron chi connectivity index (χ2n) is 11.4. The topological polar surface area (TPSA) is 136 Å². The highest BCUT2D eigenvalue weighted by Gasteiger charge is 2.31. The molecule has 0 fully saturated rings. The smallest absolute Gasteiger partial charge is 0.194 e. The first kappa shape index (κ1) is 31.0. The summed E-state index contributed by atoms with van der Waals surface area (Å²) in [5.74, 6) is -0.799. The van der Waals surface area contributed by atoms with Gasteiger partial charge in [-0.1, -0.05) is 38.1 Å². The Labute approximate surface area is 273 Å². The van der Waals surface area contributed by atoms with Crippen molar-refractivity contribution in [1.29, 1.82) is 0 Å². The van der Waals surface area contributed by atoms with E-state index in [4.69, 9.17) is 11.5 Å².